The standard InChI is InChI=1S/C22H20ClF4N5O4S/c23-15-16(24)18(26)20(19(27)17(15)25)30-3-5-31(6-4-30)22(37)28-21(33)13-11-12(32(34)35)1-2-14(13)29-7-9-36-10-8-29/h1-2,11H,3-10H2,(H,28,33,37). The summed E-state index contributed by atoms with van der Waals surface area (Å²) in [7, 11) is 0. The summed E-state index contributed by atoms with van der Waals surface area (Å²) in [5, 5.41) is 12.6. The number of hydrogen-bond donors (Lipinski definition) is 1. The molecule has 0 atom stereocenters. The molecule has 2 aliphatic heterocycles. The second-order valence-electron chi connectivity index (χ2n) is 8.21. The van der Waals surface area contributed by atoms with Crippen LogP contribution in [-0.2, 0) is 4.74 Å². The SMILES string of the molecule is O=C(NC(=S)N1CCN(c2c(F)c(F)c(Cl)c(F)c2F)CC1)c1cc([N+](=O)[O-])ccc1N1CCOCC1. The molecule has 0 aliphatic carbocycles. The van der Waals surface area contributed by atoms with Crippen molar-refractivity contribution < 1.29 is 32.0 Å². The minimum absolute atomic E-state index is 0.0153. The van der Waals surface area contributed by atoms with E-state index in [1.807, 2.05) is 4.90 Å². The summed E-state index contributed by atoms with van der Waals surface area (Å²) in [5.41, 5.74) is -0.612. The lowest BCUT2D eigenvalue weighted by atomic mass is 10.1. The highest BCUT2D eigenvalue weighted by Crippen LogP contribution is 2.34. The number of benzene rings is 2. The molecule has 198 valence electrons. The Morgan fingerprint density at radius 2 is 1.57 bits per heavy atom. The summed E-state index contributed by atoms with van der Waals surface area (Å²) in [6, 6.07) is 3.96. The van der Waals surface area contributed by atoms with Crippen molar-refractivity contribution in [3.63, 3.8) is 0 Å². The van der Waals surface area contributed by atoms with E-state index in [1.165, 1.54) is 17.0 Å². The van der Waals surface area contributed by atoms with Crippen LogP contribution in [0.15, 0.2) is 18.2 Å². The van der Waals surface area contributed by atoms with Gasteiger partial charge in [-0.2, -0.15) is 0 Å². The Kier molecular flexibility index (Phi) is 7.99. The van der Waals surface area contributed by atoms with Gasteiger partial charge >= 0.3 is 0 Å². The van der Waals surface area contributed by atoms with Crippen molar-refractivity contribution >= 4 is 51.9 Å². The number of ether oxygens (including phenoxy) is 1. The Labute approximate surface area is 218 Å². The van der Waals surface area contributed by atoms with E-state index in [0.29, 0.717) is 32.0 Å². The van der Waals surface area contributed by atoms with E-state index in [4.69, 9.17) is 28.6 Å². The second-order valence-corrected chi connectivity index (χ2v) is 8.97. The van der Waals surface area contributed by atoms with Gasteiger partial charge in [0.2, 0.25) is 0 Å². The van der Waals surface area contributed by atoms with E-state index in [2.05, 4.69) is 5.32 Å². The summed E-state index contributed by atoms with van der Waals surface area (Å²) in [6.07, 6.45) is 0. The molecule has 37 heavy (non-hydrogen) atoms. The van der Waals surface area contributed by atoms with Gasteiger partial charge in [0.25, 0.3) is 11.6 Å². The van der Waals surface area contributed by atoms with E-state index < -0.39 is 44.8 Å². The van der Waals surface area contributed by atoms with Crippen molar-refractivity contribution in [2.24, 2.45) is 0 Å². The van der Waals surface area contributed by atoms with E-state index in [9.17, 15) is 32.5 Å². The highest BCUT2D eigenvalue weighted by atomic mass is 35.5. The van der Waals surface area contributed by atoms with E-state index in [1.54, 1.807) is 0 Å². The molecule has 15 heteroatoms. The molecular weight excluding hydrogens is 542 g/mol. The van der Waals surface area contributed by atoms with Gasteiger partial charge in [-0.1, -0.05) is 11.6 Å². The molecule has 4 rings (SSSR count). The highest BCUT2D eigenvalue weighted by molar-refractivity contribution is 7.80. The molecule has 2 aliphatic rings. The number of piperazine rings is 1. The zero-order valence-corrected chi connectivity index (χ0v) is 20.7. The first-order chi connectivity index (χ1) is 17.6. The van der Waals surface area contributed by atoms with Gasteiger partial charge < -0.3 is 19.4 Å². The number of non-ortho nitro benzene ring substituents is 1. The molecule has 0 aromatic heterocycles. The maximum atomic E-state index is 14.3. The van der Waals surface area contributed by atoms with Crippen LogP contribution in [0.3, 0.4) is 0 Å². The van der Waals surface area contributed by atoms with Gasteiger partial charge in [0.05, 0.1) is 29.4 Å². The van der Waals surface area contributed by atoms with Crippen LogP contribution in [0.5, 0.6) is 0 Å². The van der Waals surface area contributed by atoms with E-state index in [0.717, 1.165) is 11.0 Å². The fraction of sp³-hybridized carbons (Fsp3) is 0.364. The minimum Gasteiger partial charge on any atom is -0.378 e. The molecule has 0 bridgehead atoms. The molecule has 2 saturated heterocycles. The number of nitrogens with one attached hydrogen (secondary N) is 1. The molecule has 0 radical (unpaired) electrons. The fourth-order valence-electron chi connectivity index (χ4n) is 4.15. The number of carbonyl (C=O) groups is 1. The molecule has 2 aromatic rings. The van der Waals surface area contributed by atoms with Crippen LogP contribution >= 0.6 is 23.8 Å². The Bertz CT molecular complexity index is 1230. The molecule has 2 aromatic carbocycles. The van der Waals surface area contributed by atoms with Crippen LogP contribution in [0.2, 0.25) is 5.02 Å². The van der Waals surface area contributed by atoms with Crippen molar-refractivity contribution in [1.29, 1.82) is 0 Å². The molecule has 1 amide bonds. The zero-order chi connectivity index (χ0) is 26.9. The van der Waals surface area contributed by atoms with Gasteiger partial charge in [-0.25, -0.2) is 17.6 Å². The quantitative estimate of drug-likeness (QED) is 0.152. The first-order valence-electron chi connectivity index (χ1n) is 11.1. The summed E-state index contributed by atoms with van der Waals surface area (Å²) in [5.74, 6) is -7.25. The number of carbonyl (C=O) groups excluding carboxylic acids is 1. The predicted molar refractivity (Wildman–Crippen MR) is 131 cm³/mol. The van der Waals surface area contributed by atoms with Crippen LogP contribution in [0.1, 0.15) is 10.4 Å². The third-order valence-corrected chi connectivity index (χ3v) is 6.77. The van der Waals surface area contributed by atoms with E-state index >= 15 is 0 Å². The number of nitrogens with zero attached hydrogens (tertiary/aromatic N) is 4. The Morgan fingerprint density at radius 1 is 0.973 bits per heavy atom. The molecule has 2 heterocycles. The van der Waals surface area contributed by atoms with Crippen LogP contribution in [0.4, 0.5) is 34.6 Å². The van der Waals surface area contributed by atoms with Gasteiger partial charge in [-0.3, -0.25) is 20.2 Å². The average Bonchev–Trinajstić information content (AvgIpc) is 2.91. The maximum Gasteiger partial charge on any atom is 0.270 e. The number of halogens is 5. The van der Waals surface area contributed by atoms with Crippen molar-refractivity contribution in [3.05, 3.63) is 62.2 Å². The number of anilines is 2. The number of morpholine rings is 1. The molecule has 9 nitrogen and oxygen atoms in total. The first kappa shape index (κ1) is 26.8. The van der Waals surface area contributed by atoms with Crippen molar-refractivity contribution in [2.75, 3.05) is 62.3 Å². The maximum absolute atomic E-state index is 14.3. The fourth-order valence-corrected chi connectivity index (χ4v) is 4.59. The number of nitro groups is 1. The van der Waals surface area contributed by atoms with Crippen LogP contribution < -0.4 is 15.1 Å². The summed E-state index contributed by atoms with van der Waals surface area (Å²) in [6.45, 7) is 1.84. The lowest BCUT2D eigenvalue weighted by Gasteiger charge is -2.37. The Hall–Kier alpha value is -3.23. The van der Waals surface area contributed by atoms with Crippen LogP contribution in [0.25, 0.3) is 0 Å². The smallest absolute Gasteiger partial charge is 0.270 e. The molecule has 0 saturated carbocycles. The first-order valence-corrected chi connectivity index (χ1v) is 11.9. The average molecular weight is 562 g/mol. The normalized spacial score (nSPS) is 16.1. The van der Waals surface area contributed by atoms with Crippen molar-refractivity contribution in [3.8, 4) is 0 Å². The summed E-state index contributed by atoms with van der Waals surface area (Å²) < 4.78 is 61.7. The Balaban J connectivity index is 1.47. The van der Waals surface area contributed by atoms with Gasteiger partial charge in [0, 0.05) is 51.4 Å². The minimum atomic E-state index is -1.69. The van der Waals surface area contributed by atoms with Crippen molar-refractivity contribution in [2.45, 2.75) is 0 Å². The van der Waals surface area contributed by atoms with Gasteiger partial charge in [0.15, 0.2) is 28.4 Å². The number of amides is 1. The number of thiocarbonyl (C=S) groups is 1. The van der Waals surface area contributed by atoms with Gasteiger partial charge in [0.1, 0.15) is 10.7 Å². The van der Waals surface area contributed by atoms with E-state index in [-0.39, 0.29) is 42.5 Å². The third kappa shape index (κ3) is 5.40. The van der Waals surface area contributed by atoms with Crippen molar-refractivity contribution in [1.82, 2.24) is 10.2 Å². The molecule has 0 spiro atoms. The molecule has 0 unspecified atom stereocenters. The van der Waals surface area contributed by atoms with Gasteiger partial charge in [-0.15, -0.1) is 0 Å². The lowest BCUT2D eigenvalue weighted by Crippen LogP contribution is -2.53. The largest absolute Gasteiger partial charge is 0.378 e. The summed E-state index contributed by atoms with van der Waals surface area (Å²) in [4.78, 5) is 28.3. The number of rotatable bonds is 4. The van der Waals surface area contributed by atoms with Crippen LogP contribution in [0, 0.1) is 33.4 Å². The molecular formula is C22H20ClF4N5O4S. The third-order valence-electron chi connectivity index (χ3n) is 6.08. The topological polar surface area (TPSA) is 91.2 Å². The number of hydrogen-bond acceptors (Lipinski definition) is 7. The Morgan fingerprint density at radius 3 is 2.14 bits per heavy atom. The monoisotopic (exact) mass is 561 g/mol. The van der Waals surface area contributed by atoms with Gasteiger partial charge in [-0.05, 0) is 18.3 Å². The molecule has 1 N–H and O–H groups in total. The van der Waals surface area contributed by atoms with Crippen LogP contribution in [-0.4, -0.2) is 73.3 Å². The predicted octanol–water partition coefficient (Wildman–Crippen LogP) is 3.48. The number of nitro benzene ring substituents is 1. The summed E-state index contributed by atoms with van der Waals surface area (Å²) >= 11 is 10.6. The highest BCUT2D eigenvalue weighted by Gasteiger charge is 2.31. The molecule has 2 fully saturated rings. The zero-order valence-electron chi connectivity index (χ0n) is 19.1. The second kappa shape index (κ2) is 11.0. The lowest BCUT2D eigenvalue weighted by molar-refractivity contribution is -0.384.